The van der Waals surface area contributed by atoms with E-state index < -0.39 is 24.1 Å². The van der Waals surface area contributed by atoms with Gasteiger partial charge in [-0.25, -0.2) is 0 Å². The molecule has 1 aromatic rings. The number of para-hydroxylation sites is 1. The molecule has 1 aliphatic rings. The molecule has 0 aromatic heterocycles. The average molecular weight is 361 g/mol. The second-order valence-electron chi connectivity index (χ2n) is 5.77. The molecule has 0 saturated carbocycles. The van der Waals surface area contributed by atoms with Crippen molar-refractivity contribution in [3.63, 3.8) is 0 Å². The third-order valence-electron chi connectivity index (χ3n) is 4.59. The number of nitrogens with zero attached hydrogens (tertiary/aromatic N) is 3. The number of anilines is 1. The van der Waals surface area contributed by atoms with E-state index in [-0.39, 0.29) is 13.2 Å². The molecule has 7 nitrogen and oxygen atoms in total. The van der Waals surface area contributed by atoms with Gasteiger partial charge in [-0.3, -0.25) is 9.36 Å². The number of amides is 1. The van der Waals surface area contributed by atoms with E-state index in [0.29, 0.717) is 11.3 Å². The molecule has 0 saturated heterocycles. The van der Waals surface area contributed by atoms with Gasteiger partial charge in [0.25, 0.3) is 5.16 Å². The molecule has 1 aliphatic heterocycles. The van der Waals surface area contributed by atoms with Gasteiger partial charge >= 0.3 is 7.60 Å². The molecule has 0 aliphatic carbocycles. The van der Waals surface area contributed by atoms with E-state index in [4.69, 9.17) is 9.05 Å². The molecule has 25 heavy (non-hydrogen) atoms. The topological polar surface area (TPSA) is 103 Å². The van der Waals surface area contributed by atoms with Gasteiger partial charge in [-0.05, 0) is 32.4 Å². The predicted molar refractivity (Wildman–Crippen MR) is 92.0 cm³/mol. The fraction of sp³-hybridized carbons (Fsp3) is 0.471. The van der Waals surface area contributed by atoms with Crippen LogP contribution in [-0.4, -0.2) is 31.3 Å². The first-order valence-electron chi connectivity index (χ1n) is 7.89. The molecule has 1 aromatic carbocycles. The summed E-state index contributed by atoms with van der Waals surface area (Å²) in [4.78, 5) is 14.5. The first-order valence-corrected chi connectivity index (χ1v) is 9.43. The highest BCUT2D eigenvalue weighted by Gasteiger charge is 2.71. The molecule has 0 radical (unpaired) electrons. The van der Waals surface area contributed by atoms with E-state index >= 15 is 0 Å². The number of fused-ring (bicyclic) bond motifs is 1. The van der Waals surface area contributed by atoms with E-state index in [1.54, 1.807) is 45.2 Å². The second-order valence-corrected chi connectivity index (χ2v) is 7.96. The summed E-state index contributed by atoms with van der Waals surface area (Å²) in [6, 6.07) is 10.5. The van der Waals surface area contributed by atoms with Gasteiger partial charge in [-0.1, -0.05) is 18.2 Å². The zero-order valence-corrected chi connectivity index (χ0v) is 15.5. The van der Waals surface area contributed by atoms with Crippen LogP contribution in [0.5, 0.6) is 0 Å². The summed E-state index contributed by atoms with van der Waals surface area (Å²) in [6.45, 7) is 4.58. The number of nitriles is 2. The van der Waals surface area contributed by atoms with Crippen LogP contribution in [0, 0.1) is 22.7 Å². The normalized spacial score (nSPS) is 20.1. The maximum atomic E-state index is 13.5. The first kappa shape index (κ1) is 19.1. The summed E-state index contributed by atoms with van der Waals surface area (Å²) >= 11 is 0. The van der Waals surface area contributed by atoms with Crippen LogP contribution in [0.1, 0.15) is 26.3 Å². The highest BCUT2D eigenvalue weighted by molar-refractivity contribution is 7.56. The Hall–Kier alpha value is -2.18. The molecule has 1 heterocycles. The van der Waals surface area contributed by atoms with Crippen molar-refractivity contribution >= 4 is 19.2 Å². The SMILES string of the molecule is CCOP(=O)(OCC)C(C#N)(C#N)C1(C)C(=O)N(C)c2ccccc21. The molecule has 0 bridgehead atoms. The number of hydrogen-bond donors (Lipinski definition) is 0. The van der Waals surface area contributed by atoms with Crippen LogP contribution in [-0.2, 0) is 23.8 Å². The molecule has 132 valence electrons. The van der Waals surface area contributed by atoms with Crippen molar-refractivity contribution in [3.05, 3.63) is 29.8 Å². The molecule has 2 rings (SSSR count). The summed E-state index contributed by atoms with van der Waals surface area (Å²) in [5.41, 5.74) is -0.684. The Kier molecular flexibility index (Phi) is 5.06. The van der Waals surface area contributed by atoms with E-state index in [0.717, 1.165) is 0 Å². The molecule has 0 N–H and O–H groups in total. The van der Waals surface area contributed by atoms with Crippen LogP contribution < -0.4 is 4.90 Å². The van der Waals surface area contributed by atoms with E-state index in [1.807, 2.05) is 12.1 Å². The number of carbonyl (C=O) groups excluding carboxylic acids is 1. The summed E-state index contributed by atoms with van der Waals surface area (Å²) in [5.74, 6) is -0.503. The van der Waals surface area contributed by atoms with Crippen LogP contribution in [0.2, 0.25) is 0 Å². The van der Waals surface area contributed by atoms with Gasteiger partial charge in [0, 0.05) is 12.7 Å². The lowest BCUT2D eigenvalue weighted by molar-refractivity contribution is -0.122. The smallest absolute Gasteiger partial charge is 0.314 e. The molecule has 1 atom stereocenters. The molecular formula is C17H20N3O4P. The van der Waals surface area contributed by atoms with Gasteiger partial charge in [-0.2, -0.15) is 10.5 Å². The molecule has 8 heteroatoms. The largest absolute Gasteiger partial charge is 0.366 e. The Labute approximate surface area is 147 Å². The van der Waals surface area contributed by atoms with E-state index in [2.05, 4.69) is 0 Å². The quantitative estimate of drug-likeness (QED) is 0.722. The highest BCUT2D eigenvalue weighted by Crippen LogP contribution is 2.68. The van der Waals surface area contributed by atoms with Crippen molar-refractivity contribution < 1.29 is 18.4 Å². The standard InChI is InChI=1S/C17H20N3O4P/c1-5-23-25(22,24-6-2)17(11-18,12-19)16(3)13-9-7-8-10-14(13)20(4)15(16)21/h7-10H,5-6H2,1-4H3. The van der Waals surface area contributed by atoms with Gasteiger partial charge in [0.15, 0.2) is 0 Å². The minimum atomic E-state index is -4.26. The Morgan fingerprint density at radius 3 is 2.20 bits per heavy atom. The number of rotatable bonds is 6. The summed E-state index contributed by atoms with van der Waals surface area (Å²) < 4.78 is 24.1. The van der Waals surface area contributed by atoms with Gasteiger partial charge in [-0.15, -0.1) is 0 Å². The van der Waals surface area contributed by atoms with Crippen LogP contribution in [0.15, 0.2) is 24.3 Å². The van der Waals surface area contributed by atoms with Crippen molar-refractivity contribution in [3.8, 4) is 12.1 Å². The maximum absolute atomic E-state index is 13.5. The number of carbonyl (C=O) groups is 1. The predicted octanol–water partition coefficient (Wildman–Crippen LogP) is 2.97. The number of hydrogen-bond acceptors (Lipinski definition) is 6. The monoisotopic (exact) mass is 361 g/mol. The Balaban J connectivity index is 2.86. The van der Waals surface area contributed by atoms with Gasteiger partial charge in [0.05, 0.1) is 25.4 Å². The summed E-state index contributed by atoms with van der Waals surface area (Å²) in [7, 11) is -2.71. The zero-order chi connectivity index (χ0) is 18.9. The van der Waals surface area contributed by atoms with E-state index in [1.165, 1.54) is 11.8 Å². The lowest BCUT2D eigenvalue weighted by atomic mass is 9.73. The number of likely N-dealkylation sites (N-methyl/N-ethyl adjacent to an activating group) is 1. The lowest BCUT2D eigenvalue weighted by Gasteiger charge is -2.38. The van der Waals surface area contributed by atoms with Crippen molar-refractivity contribution in [2.45, 2.75) is 31.3 Å². The van der Waals surface area contributed by atoms with Crippen LogP contribution in [0.25, 0.3) is 0 Å². The Bertz CT molecular complexity index is 802. The lowest BCUT2D eigenvalue weighted by Crippen LogP contribution is -2.54. The fourth-order valence-corrected chi connectivity index (χ4v) is 5.46. The summed E-state index contributed by atoms with van der Waals surface area (Å²) in [5, 5.41) is 17.6. The van der Waals surface area contributed by atoms with Crippen LogP contribution >= 0.6 is 7.60 Å². The van der Waals surface area contributed by atoms with Crippen LogP contribution in [0.4, 0.5) is 5.69 Å². The van der Waals surface area contributed by atoms with Crippen molar-refractivity contribution in [1.29, 1.82) is 10.5 Å². The third-order valence-corrected chi connectivity index (χ3v) is 7.26. The minimum Gasteiger partial charge on any atom is -0.314 e. The second kappa shape index (κ2) is 6.61. The van der Waals surface area contributed by atoms with Gasteiger partial charge < -0.3 is 13.9 Å². The zero-order valence-electron chi connectivity index (χ0n) is 14.6. The fourth-order valence-electron chi connectivity index (χ4n) is 3.31. The van der Waals surface area contributed by atoms with Gasteiger partial charge in [0.1, 0.15) is 5.41 Å². The Morgan fingerprint density at radius 1 is 1.20 bits per heavy atom. The molecular weight excluding hydrogens is 341 g/mol. The maximum Gasteiger partial charge on any atom is 0.366 e. The van der Waals surface area contributed by atoms with Gasteiger partial charge in [0.2, 0.25) is 5.91 Å². The average Bonchev–Trinajstić information content (AvgIpc) is 2.80. The summed E-state index contributed by atoms with van der Waals surface area (Å²) in [6.07, 6.45) is 0. The minimum absolute atomic E-state index is 0.0237. The van der Waals surface area contributed by atoms with Crippen LogP contribution in [0.3, 0.4) is 0 Å². The Morgan fingerprint density at radius 2 is 1.72 bits per heavy atom. The van der Waals surface area contributed by atoms with E-state index in [9.17, 15) is 19.9 Å². The third kappa shape index (κ3) is 2.32. The molecule has 1 amide bonds. The highest BCUT2D eigenvalue weighted by atomic mass is 31.2. The molecule has 0 spiro atoms. The van der Waals surface area contributed by atoms with Crippen molar-refractivity contribution in [1.82, 2.24) is 0 Å². The number of benzene rings is 1. The molecule has 1 unspecified atom stereocenters. The first-order chi connectivity index (χ1) is 11.8. The van der Waals surface area contributed by atoms with Crippen molar-refractivity contribution in [2.75, 3.05) is 25.2 Å². The molecule has 0 fully saturated rings. The van der Waals surface area contributed by atoms with Crippen molar-refractivity contribution in [2.24, 2.45) is 0 Å².